The van der Waals surface area contributed by atoms with Crippen LogP contribution in [0.3, 0.4) is 0 Å². The Morgan fingerprint density at radius 1 is 0.758 bits per heavy atom. The van der Waals surface area contributed by atoms with Gasteiger partial charge >= 0.3 is 0 Å². The molecule has 3 aromatic rings. The van der Waals surface area contributed by atoms with Crippen LogP contribution in [-0.4, -0.2) is 11.8 Å². The molecular weight excluding hydrogens is 429 g/mol. The van der Waals surface area contributed by atoms with Gasteiger partial charge in [-0.1, -0.05) is 45.0 Å². The zero-order chi connectivity index (χ0) is 23.9. The number of hydrogen-bond donors (Lipinski definition) is 1. The fraction of sp³-hybridized carbons (Fsp3) is 0.154. The highest BCUT2D eigenvalue weighted by molar-refractivity contribution is 6.46. The molecule has 0 unspecified atom stereocenters. The summed E-state index contributed by atoms with van der Waals surface area (Å²) in [6.45, 7) is 6.14. The minimum atomic E-state index is -1.10. The molecule has 1 N–H and O–H groups in total. The van der Waals surface area contributed by atoms with Crippen LogP contribution in [0.5, 0.6) is 0 Å². The molecule has 0 atom stereocenters. The molecule has 7 heteroatoms. The molecule has 1 heterocycles. The Morgan fingerprint density at radius 3 is 1.97 bits per heavy atom. The molecule has 3 aromatic carbocycles. The lowest BCUT2D eigenvalue weighted by Gasteiger charge is -2.21. The van der Waals surface area contributed by atoms with E-state index in [2.05, 4.69) is 5.32 Å². The van der Waals surface area contributed by atoms with Crippen molar-refractivity contribution in [3.05, 3.63) is 101 Å². The quantitative estimate of drug-likeness (QED) is 0.512. The van der Waals surface area contributed by atoms with Crippen molar-refractivity contribution in [1.29, 1.82) is 0 Å². The normalized spacial score (nSPS) is 14.3. The molecule has 0 aliphatic carbocycles. The maximum atomic E-state index is 13.7. The zero-order valence-electron chi connectivity index (χ0n) is 18.2. The van der Waals surface area contributed by atoms with Crippen molar-refractivity contribution in [2.45, 2.75) is 26.2 Å². The number of benzene rings is 3. The minimum absolute atomic E-state index is 0.00429. The summed E-state index contributed by atoms with van der Waals surface area (Å²) in [4.78, 5) is 27.7. The number of nitrogens with one attached hydrogen (secondary N) is 1. The first-order valence-corrected chi connectivity index (χ1v) is 10.3. The van der Waals surface area contributed by atoms with Crippen LogP contribution in [0.15, 0.2) is 72.4 Å². The summed E-state index contributed by atoms with van der Waals surface area (Å²) >= 11 is 0. The van der Waals surface area contributed by atoms with Crippen LogP contribution in [0, 0.1) is 17.5 Å². The minimum Gasteiger partial charge on any atom is -0.350 e. The lowest BCUT2D eigenvalue weighted by Crippen LogP contribution is -2.32. The number of hydrogen-bond acceptors (Lipinski definition) is 3. The summed E-state index contributed by atoms with van der Waals surface area (Å²) in [6.07, 6.45) is 0. The summed E-state index contributed by atoms with van der Waals surface area (Å²) < 4.78 is 40.6. The molecule has 0 saturated heterocycles. The van der Waals surface area contributed by atoms with Crippen LogP contribution in [0.25, 0.3) is 5.57 Å². The van der Waals surface area contributed by atoms with Crippen molar-refractivity contribution in [3.8, 4) is 0 Å². The van der Waals surface area contributed by atoms with Gasteiger partial charge in [-0.3, -0.25) is 9.59 Å². The van der Waals surface area contributed by atoms with Crippen molar-refractivity contribution in [1.82, 2.24) is 0 Å². The van der Waals surface area contributed by atoms with Crippen LogP contribution in [0.1, 0.15) is 31.9 Å². The molecule has 1 aliphatic heterocycles. The highest BCUT2D eigenvalue weighted by Gasteiger charge is 2.40. The largest absolute Gasteiger partial charge is 0.350 e. The van der Waals surface area contributed by atoms with Gasteiger partial charge in [0.15, 0.2) is 11.6 Å². The van der Waals surface area contributed by atoms with Gasteiger partial charge in [-0.05, 0) is 52.9 Å². The third kappa shape index (κ3) is 4.26. The first-order chi connectivity index (χ1) is 15.6. The Hall–Kier alpha value is -3.87. The molecule has 0 bridgehead atoms. The number of carbonyl (C=O) groups excluding carboxylic acids is 2. The summed E-state index contributed by atoms with van der Waals surface area (Å²) in [7, 11) is 0. The maximum Gasteiger partial charge on any atom is 0.282 e. The van der Waals surface area contributed by atoms with Crippen molar-refractivity contribution in [2.24, 2.45) is 0 Å². The molecule has 33 heavy (non-hydrogen) atoms. The second kappa shape index (κ2) is 8.24. The molecule has 1 aliphatic rings. The van der Waals surface area contributed by atoms with Gasteiger partial charge in [0.2, 0.25) is 0 Å². The predicted octanol–water partition coefficient (Wildman–Crippen LogP) is 5.80. The van der Waals surface area contributed by atoms with E-state index in [1.54, 1.807) is 12.1 Å². The molecule has 4 nitrogen and oxygen atoms in total. The van der Waals surface area contributed by atoms with E-state index >= 15 is 0 Å². The summed E-state index contributed by atoms with van der Waals surface area (Å²) in [6, 6.07) is 15.2. The van der Waals surface area contributed by atoms with E-state index in [-0.39, 0.29) is 22.4 Å². The van der Waals surface area contributed by atoms with Gasteiger partial charge in [0.1, 0.15) is 11.5 Å². The van der Waals surface area contributed by atoms with Gasteiger partial charge in [-0.25, -0.2) is 18.1 Å². The van der Waals surface area contributed by atoms with Crippen molar-refractivity contribution >= 4 is 28.8 Å². The average Bonchev–Trinajstić information content (AvgIpc) is 3.00. The van der Waals surface area contributed by atoms with Gasteiger partial charge in [0.25, 0.3) is 11.8 Å². The number of imide groups is 1. The third-order valence-electron chi connectivity index (χ3n) is 5.40. The molecular formula is C26H21F3N2O2. The second-order valence-corrected chi connectivity index (χ2v) is 8.75. The van der Waals surface area contributed by atoms with Crippen molar-refractivity contribution in [3.63, 3.8) is 0 Å². The van der Waals surface area contributed by atoms with E-state index < -0.39 is 29.3 Å². The third-order valence-corrected chi connectivity index (χ3v) is 5.40. The molecule has 0 fully saturated rings. The van der Waals surface area contributed by atoms with Gasteiger partial charge in [0, 0.05) is 11.8 Å². The van der Waals surface area contributed by atoms with E-state index in [1.807, 2.05) is 32.9 Å². The lowest BCUT2D eigenvalue weighted by atomic mass is 9.87. The number of rotatable bonds is 4. The van der Waals surface area contributed by atoms with Gasteiger partial charge < -0.3 is 5.32 Å². The molecule has 168 valence electrons. The monoisotopic (exact) mass is 450 g/mol. The number of carbonyl (C=O) groups is 2. The van der Waals surface area contributed by atoms with Crippen LogP contribution >= 0.6 is 0 Å². The molecule has 0 spiro atoms. The first-order valence-electron chi connectivity index (χ1n) is 10.3. The number of anilines is 2. The summed E-state index contributed by atoms with van der Waals surface area (Å²) in [5.41, 5.74) is 1.57. The number of halogens is 3. The van der Waals surface area contributed by atoms with Crippen molar-refractivity contribution in [2.75, 3.05) is 10.2 Å². The van der Waals surface area contributed by atoms with E-state index in [0.29, 0.717) is 11.3 Å². The molecule has 0 aromatic heterocycles. The molecule has 2 amide bonds. The fourth-order valence-corrected chi connectivity index (χ4v) is 3.59. The van der Waals surface area contributed by atoms with Crippen LogP contribution in [0.4, 0.5) is 24.5 Å². The Labute approximate surface area is 189 Å². The zero-order valence-corrected chi connectivity index (χ0v) is 18.2. The highest BCUT2D eigenvalue weighted by atomic mass is 19.2. The predicted molar refractivity (Wildman–Crippen MR) is 121 cm³/mol. The number of nitrogens with zero attached hydrogens (tertiary/aromatic N) is 1. The van der Waals surface area contributed by atoms with E-state index in [9.17, 15) is 22.8 Å². The Morgan fingerprint density at radius 2 is 1.39 bits per heavy atom. The Kier molecular flexibility index (Phi) is 5.57. The van der Waals surface area contributed by atoms with Gasteiger partial charge in [0.05, 0.1) is 11.3 Å². The molecule has 0 saturated carbocycles. The fourth-order valence-electron chi connectivity index (χ4n) is 3.59. The maximum absolute atomic E-state index is 13.7. The van der Waals surface area contributed by atoms with Gasteiger partial charge in [-0.15, -0.1) is 0 Å². The summed E-state index contributed by atoms with van der Waals surface area (Å²) in [5.74, 6) is -3.91. The Balaban J connectivity index is 1.78. The second-order valence-electron chi connectivity index (χ2n) is 8.75. The average molecular weight is 450 g/mol. The Bertz CT molecular complexity index is 1270. The SMILES string of the molecule is CC(C)(C)c1ccc(N2C(=O)C(Nc3ccc(F)c(F)c3)=C(c3ccc(F)cc3)C2=O)cc1. The standard InChI is InChI=1S/C26H21F3N2O2/c1-26(2,3)16-6-11-19(12-7-16)31-24(32)22(15-4-8-17(27)9-5-15)23(25(31)33)30-18-10-13-20(28)21(29)14-18/h4-14,30H,1-3H3. The first kappa shape index (κ1) is 22.3. The number of amides is 2. The molecule has 4 rings (SSSR count). The van der Waals surface area contributed by atoms with Crippen LogP contribution < -0.4 is 10.2 Å². The van der Waals surface area contributed by atoms with E-state index in [1.165, 1.54) is 30.3 Å². The highest BCUT2D eigenvalue weighted by Crippen LogP contribution is 2.35. The summed E-state index contributed by atoms with van der Waals surface area (Å²) in [5, 5.41) is 2.75. The van der Waals surface area contributed by atoms with E-state index in [0.717, 1.165) is 22.6 Å². The van der Waals surface area contributed by atoms with Crippen molar-refractivity contribution < 1.29 is 22.8 Å². The smallest absolute Gasteiger partial charge is 0.282 e. The van der Waals surface area contributed by atoms with Crippen LogP contribution in [0.2, 0.25) is 0 Å². The molecule has 0 radical (unpaired) electrons. The lowest BCUT2D eigenvalue weighted by molar-refractivity contribution is -0.120. The topological polar surface area (TPSA) is 49.4 Å². The van der Waals surface area contributed by atoms with Gasteiger partial charge in [-0.2, -0.15) is 0 Å². The van der Waals surface area contributed by atoms with E-state index in [4.69, 9.17) is 0 Å². The van der Waals surface area contributed by atoms with Crippen LogP contribution in [-0.2, 0) is 15.0 Å².